The van der Waals surface area contributed by atoms with Crippen LogP contribution in [-0.2, 0) is 4.79 Å². The van der Waals surface area contributed by atoms with Gasteiger partial charge in [0.05, 0.1) is 6.42 Å². The Morgan fingerprint density at radius 1 is 0.842 bits per heavy atom. The molecule has 19 heavy (non-hydrogen) atoms. The smallest absolute Gasteiger partial charge is 0.213 e. The molecule has 0 spiro atoms. The van der Waals surface area contributed by atoms with Gasteiger partial charge in [0.1, 0.15) is 0 Å². The van der Waals surface area contributed by atoms with Gasteiger partial charge in [0.15, 0.2) is 5.78 Å². The minimum atomic E-state index is -0.363. The van der Waals surface area contributed by atoms with Crippen LogP contribution >= 0.6 is 0 Å². The molecule has 0 aliphatic heterocycles. The van der Waals surface area contributed by atoms with Gasteiger partial charge in [-0.2, -0.15) is 0 Å². The summed E-state index contributed by atoms with van der Waals surface area (Å²) in [5, 5.41) is 0. The lowest BCUT2D eigenvalue weighted by Crippen LogP contribution is -2.06. The van der Waals surface area contributed by atoms with Crippen LogP contribution in [0, 0.1) is 11.8 Å². The summed E-state index contributed by atoms with van der Waals surface area (Å²) in [7, 11) is 0. The third-order valence-electron chi connectivity index (χ3n) is 2.54. The first-order valence-corrected chi connectivity index (χ1v) is 5.94. The van der Waals surface area contributed by atoms with Gasteiger partial charge >= 0.3 is 0 Å². The van der Waals surface area contributed by atoms with Gasteiger partial charge in [0, 0.05) is 11.1 Å². The predicted molar refractivity (Wildman–Crippen MR) is 73.7 cm³/mol. The Morgan fingerprint density at radius 3 is 2.05 bits per heavy atom. The van der Waals surface area contributed by atoms with E-state index in [9.17, 15) is 9.59 Å². The van der Waals surface area contributed by atoms with Gasteiger partial charge in [0.25, 0.3) is 0 Å². The lowest BCUT2D eigenvalue weighted by molar-refractivity contribution is -0.113. The van der Waals surface area contributed by atoms with Gasteiger partial charge in [-0.1, -0.05) is 54.5 Å². The standard InChI is InChI=1S/C17H12O2/c18-16(12-11-14-7-3-1-4-8-14)13-17(19)15-9-5-2-6-10-15/h1-10H,13H2. The lowest BCUT2D eigenvalue weighted by atomic mass is 10.1. The van der Waals surface area contributed by atoms with Crippen LogP contribution in [0.15, 0.2) is 60.7 Å². The summed E-state index contributed by atoms with van der Waals surface area (Å²) in [6.07, 6.45) is -0.177. The molecule has 92 valence electrons. The maximum absolute atomic E-state index is 11.8. The first-order valence-electron chi connectivity index (χ1n) is 5.94. The van der Waals surface area contributed by atoms with Crippen molar-refractivity contribution in [1.29, 1.82) is 0 Å². The molecular formula is C17H12O2. The predicted octanol–water partition coefficient (Wildman–Crippen LogP) is 2.88. The molecule has 0 atom stereocenters. The van der Waals surface area contributed by atoms with Gasteiger partial charge in [0.2, 0.25) is 5.78 Å². The second-order valence-corrected chi connectivity index (χ2v) is 4.01. The maximum Gasteiger partial charge on any atom is 0.213 e. The van der Waals surface area contributed by atoms with Gasteiger partial charge in [-0.05, 0) is 18.1 Å². The molecule has 0 bridgehead atoms. The van der Waals surface area contributed by atoms with Gasteiger partial charge in [-0.25, -0.2) is 0 Å². The molecule has 0 saturated heterocycles. The Balaban J connectivity index is 2.00. The van der Waals surface area contributed by atoms with Gasteiger partial charge in [-0.15, -0.1) is 0 Å². The largest absolute Gasteiger partial charge is 0.294 e. The monoisotopic (exact) mass is 248 g/mol. The molecule has 0 N–H and O–H groups in total. The zero-order chi connectivity index (χ0) is 13.5. The van der Waals surface area contributed by atoms with Crippen LogP contribution in [0.25, 0.3) is 0 Å². The summed E-state index contributed by atoms with van der Waals surface area (Å²) in [5.41, 5.74) is 1.31. The van der Waals surface area contributed by atoms with Crippen LogP contribution < -0.4 is 0 Å². The summed E-state index contributed by atoms with van der Waals surface area (Å²) >= 11 is 0. The number of carbonyl (C=O) groups is 2. The highest BCUT2D eigenvalue weighted by Gasteiger charge is 2.09. The Morgan fingerprint density at radius 2 is 1.42 bits per heavy atom. The van der Waals surface area contributed by atoms with Gasteiger partial charge in [-0.3, -0.25) is 9.59 Å². The number of ketones is 2. The van der Waals surface area contributed by atoms with Crippen molar-refractivity contribution in [3.8, 4) is 11.8 Å². The summed E-state index contributed by atoms with van der Waals surface area (Å²) in [6.45, 7) is 0. The SMILES string of the molecule is O=C(C#Cc1ccccc1)CC(=O)c1ccccc1. The van der Waals surface area contributed by atoms with Crippen molar-refractivity contribution in [2.75, 3.05) is 0 Å². The van der Waals surface area contributed by atoms with Crippen molar-refractivity contribution in [2.45, 2.75) is 6.42 Å². The first-order chi connectivity index (χ1) is 9.25. The Bertz CT molecular complexity index is 631. The lowest BCUT2D eigenvalue weighted by Gasteiger charge is -1.96. The topological polar surface area (TPSA) is 34.1 Å². The highest BCUT2D eigenvalue weighted by atomic mass is 16.1. The molecule has 0 amide bonds. The Labute approximate surface area is 112 Å². The highest BCUT2D eigenvalue weighted by molar-refractivity contribution is 6.13. The fourth-order valence-corrected chi connectivity index (χ4v) is 1.58. The number of benzene rings is 2. The second-order valence-electron chi connectivity index (χ2n) is 4.01. The minimum Gasteiger partial charge on any atom is -0.294 e. The summed E-state index contributed by atoms with van der Waals surface area (Å²) < 4.78 is 0. The molecule has 0 fully saturated rings. The van der Waals surface area contributed by atoms with E-state index >= 15 is 0 Å². The second kappa shape index (κ2) is 6.32. The molecule has 0 aliphatic rings. The minimum absolute atomic E-state index is 0.177. The van der Waals surface area contributed by atoms with E-state index in [4.69, 9.17) is 0 Å². The molecule has 2 nitrogen and oxygen atoms in total. The fraction of sp³-hybridized carbons (Fsp3) is 0.0588. The number of Topliss-reactive ketones (excluding diaryl/α,β-unsaturated/α-hetero) is 2. The molecule has 0 heterocycles. The van der Waals surface area contributed by atoms with Crippen molar-refractivity contribution in [2.24, 2.45) is 0 Å². The highest BCUT2D eigenvalue weighted by Crippen LogP contribution is 2.03. The van der Waals surface area contributed by atoms with Crippen molar-refractivity contribution >= 4 is 11.6 Å². The molecular weight excluding hydrogens is 236 g/mol. The average molecular weight is 248 g/mol. The van der Waals surface area contributed by atoms with E-state index in [-0.39, 0.29) is 18.0 Å². The fourth-order valence-electron chi connectivity index (χ4n) is 1.58. The van der Waals surface area contributed by atoms with E-state index in [0.29, 0.717) is 5.56 Å². The number of hydrogen-bond donors (Lipinski definition) is 0. The molecule has 2 aromatic rings. The molecule has 0 saturated carbocycles. The van der Waals surface area contributed by atoms with Crippen molar-refractivity contribution in [1.82, 2.24) is 0 Å². The molecule has 2 aromatic carbocycles. The van der Waals surface area contributed by atoms with Crippen molar-refractivity contribution < 1.29 is 9.59 Å². The van der Waals surface area contributed by atoms with E-state index < -0.39 is 0 Å². The van der Waals surface area contributed by atoms with Crippen molar-refractivity contribution in [3.63, 3.8) is 0 Å². The summed E-state index contributed by atoms with van der Waals surface area (Å²) in [5.74, 6) is 4.68. The van der Waals surface area contributed by atoms with E-state index in [1.807, 2.05) is 36.4 Å². The number of rotatable bonds is 3. The maximum atomic E-state index is 11.8. The number of carbonyl (C=O) groups excluding carboxylic acids is 2. The van der Waals surface area contributed by atoms with Crippen LogP contribution in [0.3, 0.4) is 0 Å². The Hall–Kier alpha value is -2.66. The first kappa shape index (κ1) is 12.8. The third-order valence-corrected chi connectivity index (χ3v) is 2.54. The van der Waals surface area contributed by atoms with Crippen LogP contribution in [0.1, 0.15) is 22.3 Å². The van der Waals surface area contributed by atoms with Crippen LogP contribution in [0.5, 0.6) is 0 Å². The molecule has 0 radical (unpaired) electrons. The Kier molecular flexibility index (Phi) is 4.25. The normalized spacial score (nSPS) is 9.26. The van der Waals surface area contributed by atoms with Crippen LogP contribution in [-0.4, -0.2) is 11.6 Å². The molecule has 2 heteroatoms. The summed E-state index contributed by atoms with van der Waals surface area (Å²) in [4.78, 5) is 23.4. The molecule has 0 aliphatic carbocycles. The third kappa shape index (κ3) is 3.93. The van der Waals surface area contributed by atoms with Gasteiger partial charge < -0.3 is 0 Å². The van der Waals surface area contributed by atoms with E-state index in [0.717, 1.165) is 5.56 Å². The van der Waals surface area contributed by atoms with Crippen molar-refractivity contribution in [3.05, 3.63) is 71.8 Å². The number of hydrogen-bond acceptors (Lipinski definition) is 2. The van der Waals surface area contributed by atoms with Crippen LogP contribution in [0.2, 0.25) is 0 Å². The average Bonchev–Trinajstić information content (AvgIpc) is 2.47. The summed E-state index contributed by atoms with van der Waals surface area (Å²) in [6, 6.07) is 18.0. The molecule has 2 rings (SSSR count). The van der Waals surface area contributed by atoms with E-state index in [1.165, 1.54) is 0 Å². The van der Waals surface area contributed by atoms with Crippen LogP contribution in [0.4, 0.5) is 0 Å². The zero-order valence-electron chi connectivity index (χ0n) is 10.3. The molecule has 0 unspecified atom stereocenters. The zero-order valence-corrected chi connectivity index (χ0v) is 10.3. The van der Waals surface area contributed by atoms with E-state index in [1.54, 1.807) is 24.3 Å². The quantitative estimate of drug-likeness (QED) is 0.475. The van der Waals surface area contributed by atoms with E-state index in [2.05, 4.69) is 11.8 Å². The molecule has 0 aromatic heterocycles.